The number of amidine groups is 1. The summed E-state index contributed by atoms with van der Waals surface area (Å²) < 4.78 is 22.7. The van der Waals surface area contributed by atoms with Gasteiger partial charge in [-0.3, -0.25) is 9.69 Å². The predicted molar refractivity (Wildman–Crippen MR) is 184 cm³/mol. The molecule has 2 aliphatic heterocycles. The molecular formula is C35H36BrN3O6S. The number of ether oxygens (including phenoxy) is 4. The molecule has 0 amide bonds. The van der Waals surface area contributed by atoms with Crippen LogP contribution in [0.3, 0.4) is 0 Å². The molecule has 2 aliphatic rings. The van der Waals surface area contributed by atoms with Crippen LogP contribution < -0.4 is 14.4 Å². The second-order valence-corrected chi connectivity index (χ2v) is 13.0. The van der Waals surface area contributed by atoms with Crippen LogP contribution in [0.25, 0.3) is 0 Å². The van der Waals surface area contributed by atoms with Gasteiger partial charge in [-0.2, -0.15) is 0 Å². The Labute approximate surface area is 282 Å². The first kappa shape index (κ1) is 33.2. The van der Waals surface area contributed by atoms with E-state index in [4.69, 9.17) is 23.9 Å². The van der Waals surface area contributed by atoms with Crippen LogP contribution in [-0.2, 0) is 25.6 Å². The molecule has 46 heavy (non-hydrogen) atoms. The fourth-order valence-corrected chi connectivity index (χ4v) is 7.86. The van der Waals surface area contributed by atoms with E-state index in [0.29, 0.717) is 46.5 Å². The first-order valence-electron chi connectivity index (χ1n) is 14.5. The number of rotatable bonds is 8. The Morgan fingerprint density at radius 2 is 1.46 bits per heavy atom. The standard InChI is InChI=1S/C35H36BrN3O6S/c1-22-21-46-35(38(22)20-24-8-10-25(36)11-9-24)30(23(2)31(40)44-6)39(27-14-18-29(43-5)19-15-27)32(34(35,3)33(41)45-7)37-26-12-16-28(42-4)17-13-26/h8-19,21H,20H2,1-7H3/b30-23+,37-32?/t34-,35-/m0/s1. The van der Waals surface area contributed by atoms with E-state index in [1.807, 2.05) is 97.0 Å². The average molecular weight is 707 g/mol. The summed E-state index contributed by atoms with van der Waals surface area (Å²) in [6.07, 6.45) is 0. The van der Waals surface area contributed by atoms with Crippen molar-refractivity contribution in [3.05, 3.63) is 105 Å². The van der Waals surface area contributed by atoms with Crippen LogP contribution in [0.4, 0.5) is 11.4 Å². The maximum Gasteiger partial charge on any atom is 0.335 e. The van der Waals surface area contributed by atoms with Gasteiger partial charge >= 0.3 is 11.9 Å². The van der Waals surface area contributed by atoms with Crippen LogP contribution in [0.15, 0.2) is 105 Å². The Hall–Kier alpha value is -4.22. The maximum atomic E-state index is 14.5. The molecule has 0 aliphatic carbocycles. The second kappa shape index (κ2) is 13.3. The number of anilines is 1. The number of halogens is 1. The molecule has 0 bridgehead atoms. The van der Waals surface area contributed by atoms with E-state index in [0.717, 1.165) is 15.7 Å². The van der Waals surface area contributed by atoms with Crippen LogP contribution in [-0.4, -0.2) is 56.0 Å². The number of thioether (sulfide) groups is 1. The molecule has 9 nitrogen and oxygen atoms in total. The molecule has 1 saturated heterocycles. The number of carbonyl (C=O) groups excluding carboxylic acids is 2. The summed E-state index contributed by atoms with van der Waals surface area (Å²) in [7, 11) is 5.92. The number of methoxy groups -OCH3 is 4. The highest BCUT2D eigenvalue weighted by atomic mass is 79.9. The zero-order valence-corrected chi connectivity index (χ0v) is 29.2. The molecule has 0 saturated carbocycles. The summed E-state index contributed by atoms with van der Waals surface area (Å²) in [5, 5.41) is 2.02. The van der Waals surface area contributed by atoms with Crippen molar-refractivity contribution >= 4 is 56.8 Å². The third-order valence-corrected chi connectivity index (χ3v) is 10.6. The average Bonchev–Trinajstić information content (AvgIpc) is 3.52. The molecule has 240 valence electrons. The lowest BCUT2D eigenvalue weighted by Gasteiger charge is -2.45. The van der Waals surface area contributed by atoms with Gasteiger partial charge in [0.05, 0.1) is 45.4 Å². The van der Waals surface area contributed by atoms with Crippen molar-refractivity contribution in [2.45, 2.75) is 32.2 Å². The lowest BCUT2D eigenvalue weighted by molar-refractivity contribution is -0.150. The minimum atomic E-state index is -1.46. The van der Waals surface area contributed by atoms with Gasteiger partial charge in [0.15, 0.2) is 10.3 Å². The van der Waals surface area contributed by atoms with Crippen molar-refractivity contribution in [3.8, 4) is 11.5 Å². The van der Waals surface area contributed by atoms with Crippen molar-refractivity contribution in [1.29, 1.82) is 0 Å². The Morgan fingerprint density at radius 3 is 2.00 bits per heavy atom. The number of hydrogen-bond donors (Lipinski definition) is 0. The number of hydrogen-bond acceptors (Lipinski definition) is 9. The van der Waals surface area contributed by atoms with Crippen LogP contribution in [0, 0.1) is 5.41 Å². The molecule has 2 atom stereocenters. The van der Waals surface area contributed by atoms with E-state index in [-0.39, 0.29) is 0 Å². The number of allylic oxidation sites excluding steroid dienone is 1. The molecule has 5 rings (SSSR count). The van der Waals surface area contributed by atoms with E-state index in [2.05, 4.69) is 20.8 Å². The summed E-state index contributed by atoms with van der Waals surface area (Å²) in [5.74, 6) is 0.664. The van der Waals surface area contributed by atoms with Gasteiger partial charge in [0, 0.05) is 22.4 Å². The smallest absolute Gasteiger partial charge is 0.335 e. The van der Waals surface area contributed by atoms with Gasteiger partial charge < -0.3 is 23.8 Å². The zero-order chi connectivity index (χ0) is 33.2. The summed E-state index contributed by atoms with van der Waals surface area (Å²) >= 11 is 4.99. The predicted octanol–water partition coefficient (Wildman–Crippen LogP) is 7.45. The molecule has 11 heteroatoms. The van der Waals surface area contributed by atoms with Crippen LogP contribution >= 0.6 is 27.7 Å². The number of aliphatic imine (C=N–C) groups is 1. The van der Waals surface area contributed by atoms with Gasteiger partial charge in [-0.05, 0) is 92.4 Å². The molecular weight excluding hydrogens is 670 g/mol. The molecule has 3 aromatic rings. The highest BCUT2D eigenvalue weighted by Crippen LogP contribution is 2.64. The SMILES string of the molecule is COC(=O)/C(C)=C1/N(c2ccc(OC)cc2)C(=Nc2ccc(OC)cc2)[C@@](C)(C(=O)OC)[C@@]12SC=C(C)N2Cc1ccc(Br)cc1. The van der Waals surface area contributed by atoms with Crippen molar-refractivity contribution in [2.24, 2.45) is 10.4 Å². The Bertz CT molecular complexity index is 1720. The molecule has 2 heterocycles. The van der Waals surface area contributed by atoms with Crippen LogP contribution in [0.1, 0.15) is 26.3 Å². The van der Waals surface area contributed by atoms with Crippen molar-refractivity contribution < 1.29 is 28.5 Å². The Morgan fingerprint density at radius 1 is 0.870 bits per heavy atom. The number of carbonyl (C=O) groups is 2. The third-order valence-electron chi connectivity index (χ3n) is 8.42. The molecule has 0 radical (unpaired) electrons. The van der Waals surface area contributed by atoms with Crippen molar-refractivity contribution in [2.75, 3.05) is 33.3 Å². The molecule has 1 spiro atoms. The van der Waals surface area contributed by atoms with Gasteiger partial charge in [-0.25, -0.2) is 9.79 Å². The summed E-state index contributed by atoms with van der Waals surface area (Å²) in [6, 6.07) is 22.7. The Kier molecular flexibility index (Phi) is 9.55. The second-order valence-electron chi connectivity index (χ2n) is 11.0. The van der Waals surface area contributed by atoms with Crippen molar-refractivity contribution in [1.82, 2.24) is 4.90 Å². The highest BCUT2D eigenvalue weighted by molar-refractivity contribution is 9.10. The summed E-state index contributed by atoms with van der Waals surface area (Å²) in [4.78, 5) is 36.0. The summed E-state index contributed by atoms with van der Waals surface area (Å²) in [5.41, 5.74) is 2.59. The largest absolute Gasteiger partial charge is 0.497 e. The number of esters is 2. The normalized spacial score (nSPS) is 22.6. The van der Waals surface area contributed by atoms with E-state index in [9.17, 15) is 9.59 Å². The first-order valence-corrected chi connectivity index (χ1v) is 16.1. The monoisotopic (exact) mass is 705 g/mol. The lowest BCUT2D eigenvalue weighted by atomic mass is 9.79. The van der Waals surface area contributed by atoms with E-state index < -0.39 is 22.2 Å². The van der Waals surface area contributed by atoms with Crippen LogP contribution in [0.2, 0.25) is 0 Å². The fourth-order valence-electron chi connectivity index (χ4n) is 6.02. The first-order chi connectivity index (χ1) is 22.0. The minimum Gasteiger partial charge on any atom is -0.497 e. The van der Waals surface area contributed by atoms with Gasteiger partial charge in [0.1, 0.15) is 17.3 Å². The van der Waals surface area contributed by atoms with Crippen molar-refractivity contribution in [3.63, 3.8) is 0 Å². The van der Waals surface area contributed by atoms with E-state index in [1.165, 1.54) is 26.0 Å². The van der Waals surface area contributed by atoms with Gasteiger partial charge in [0.2, 0.25) is 0 Å². The number of benzene rings is 3. The summed E-state index contributed by atoms with van der Waals surface area (Å²) in [6.45, 7) is 5.99. The fraction of sp³-hybridized carbons (Fsp3) is 0.286. The maximum absolute atomic E-state index is 14.5. The van der Waals surface area contributed by atoms with E-state index >= 15 is 0 Å². The molecule has 1 fully saturated rings. The minimum absolute atomic E-state index is 0.324. The van der Waals surface area contributed by atoms with E-state index in [1.54, 1.807) is 21.1 Å². The molecule has 0 unspecified atom stereocenters. The molecule has 3 aromatic carbocycles. The lowest BCUT2D eigenvalue weighted by Crippen LogP contribution is -2.57. The highest BCUT2D eigenvalue weighted by Gasteiger charge is 2.72. The van der Waals surface area contributed by atoms with Gasteiger partial charge in [0.25, 0.3) is 0 Å². The number of nitrogens with zero attached hydrogens (tertiary/aromatic N) is 3. The third kappa shape index (κ3) is 5.45. The Balaban J connectivity index is 1.89. The topological polar surface area (TPSA) is 89.9 Å². The van der Waals surface area contributed by atoms with Gasteiger partial charge in [-0.1, -0.05) is 39.8 Å². The molecule has 0 N–H and O–H groups in total. The quantitative estimate of drug-likeness (QED) is 0.175. The van der Waals surface area contributed by atoms with Crippen LogP contribution in [0.5, 0.6) is 11.5 Å². The van der Waals surface area contributed by atoms with Gasteiger partial charge in [-0.15, -0.1) is 0 Å². The molecule has 0 aromatic heterocycles. The zero-order valence-electron chi connectivity index (χ0n) is 26.8.